The van der Waals surface area contributed by atoms with Crippen LogP contribution in [0, 0.1) is 19.3 Å². The molecule has 1 unspecified atom stereocenters. The van der Waals surface area contributed by atoms with E-state index in [0.29, 0.717) is 12.3 Å². The lowest BCUT2D eigenvalue weighted by Crippen LogP contribution is -2.44. The zero-order valence-corrected chi connectivity index (χ0v) is 16.4. The third-order valence-electron chi connectivity index (χ3n) is 6.24. The number of hydrogen-bond acceptors (Lipinski definition) is 5. The van der Waals surface area contributed by atoms with Gasteiger partial charge in [-0.2, -0.15) is 4.98 Å². The Kier molecular flexibility index (Phi) is 4.76. The highest BCUT2D eigenvalue weighted by Crippen LogP contribution is 2.47. The van der Waals surface area contributed by atoms with Crippen LogP contribution in [0.15, 0.2) is 28.8 Å². The van der Waals surface area contributed by atoms with E-state index in [2.05, 4.69) is 53.3 Å². The van der Waals surface area contributed by atoms with Gasteiger partial charge in [0.05, 0.1) is 12.5 Å². The van der Waals surface area contributed by atoms with E-state index in [-0.39, 0.29) is 17.4 Å². The van der Waals surface area contributed by atoms with Gasteiger partial charge in [-0.25, -0.2) is 0 Å². The topological polar surface area (TPSA) is 62.5 Å². The third kappa shape index (κ3) is 3.76. The molecular formula is C21H28N4O2. The molecule has 2 saturated heterocycles. The van der Waals surface area contributed by atoms with Crippen LogP contribution in [0.4, 0.5) is 0 Å². The molecular weight excluding hydrogens is 340 g/mol. The summed E-state index contributed by atoms with van der Waals surface area (Å²) >= 11 is 0. The summed E-state index contributed by atoms with van der Waals surface area (Å²) in [4.78, 5) is 21.5. The molecule has 0 aliphatic carbocycles. The van der Waals surface area contributed by atoms with Crippen LogP contribution in [-0.2, 0) is 11.2 Å². The molecule has 2 aliphatic heterocycles. The fraction of sp³-hybridized carbons (Fsp3) is 0.571. The second-order valence-electron chi connectivity index (χ2n) is 8.35. The Morgan fingerprint density at radius 3 is 2.56 bits per heavy atom. The molecule has 2 aromatic rings. The quantitative estimate of drug-likeness (QED) is 0.834. The second-order valence-corrected chi connectivity index (χ2v) is 8.35. The van der Waals surface area contributed by atoms with Crippen molar-refractivity contribution in [2.45, 2.75) is 45.6 Å². The number of likely N-dealkylation sites (tertiary alicyclic amines) is 2. The van der Waals surface area contributed by atoms with E-state index in [4.69, 9.17) is 4.52 Å². The molecule has 27 heavy (non-hydrogen) atoms. The minimum absolute atomic E-state index is 0.220. The van der Waals surface area contributed by atoms with Crippen molar-refractivity contribution in [1.29, 1.82) is 0 Å². The number of hydrogen-bond donors (Lipinski definition) is 0. The first kappa shape index (κ1) is 18.2. The van der Waals surface area contributed by atoms with Crippen molar-refractivity contribution < 1.29 is 9.32 Å². The summed E-state index contributed by atoms with van der Waals surface area (Å²) in [5, 5.41) is 4.13. The minimum Gasteiger partial charge on any atom is -0.342 e. The van der Waals surface area contributed by atoms with Crippen LogP contribution in [-0.4, -0.2) is 52.5 Å². The Balaban J connectivity index is 1.35. The van der Waals surface area contributed by atoms with Crippen LogP contribution < -0.4 is 0 Å². The van der Waals surface area contributed by atoms with Gasteiger partial charge < -0.3 is 9.42 Å². The first-order valence-corrected chi connectivity index (χ1v) is 9.78. The molecule has 0 N–H and O–H groups in total. The number of piperidine rings is 1. The number of rotatable bonds is 3. The molecule has 1 amide bonds. The Bertz CT molecular complexity index is 806. The van der Waals surface area contributed by atoms with Gasteiger partial charge in [0.2, 0.25) is 11.8 Å². The van der Waals surface area contributed by atoms with E-state index >= 15 is 0 Å². The summed E-state index contributed by atoms with van der Waals surface area (Å²) in [5.41, 5.74) is 2.58. The molecule has 1 aromatic heterocycles. The van der Waals surface area contributed by atoms with E-state index in [1.54, 1.807) is 0 Å². The molecule has 0 saturated carbocycles. The number of amides is 1. The number of carbonyl (C=O) groups excluding carboxylic acids is 1. The van der Waals surface area contributed by atoms with Crippen molar-refractivity contribution in [3.05, 3.63) is 47.1 Å². The number of nitrogens with zero attached hydrogens (tertiary/aromatic N) is 4. The summed E-state index contributed by atoms with van der Waals surface area (Å²) in [6.45, 7) is 6.62. The average molecular weight is 368 g/mol. The van der Waals surface area contributed by atoms with Crippen LogP contribution in [0.5, 0.6) is 0 Å². The number of aryl methyl sites for hydroxylation is 2. The summed E-state index contributed by atoms with van der Waals surface area (Å²) in [7, 11) is 2.14. The molecule has 4 rings (SSSR count). The normalized spacial score (nSPS) is 22.5. The van der Waals surface area contributed by atoms with Gasteiger partial charge in [-0.15, -0.1) is 0 Å². The SMILES string of the molecule is Cc1ccc(CC(=O)N2CCC3(CC2)CC(c2noc(C)n2)N(C)C3)cc1. The Morgan fingerprint density at radius 1 is 1.22 bits per heavy atom. The van der Waals surface area contributed by atoms with E-state index in [0.717, 1.165) is 50.3 Å². The first-order valence-electron chi connectivity index (χ1n) is 9.78. The fourth-order valence-electron chi connectivity index (χ4n) is 4.59. The van der Waals surface area contributed by atoms with Crippen molar-refractivity contribution in [3.63, 3.8) is 0 Å². The van der Waals surface area contributed by atoms with Crippen molar-refractivity contribution >= 4 is 5.91 Å². The standard InChI is InChI=1S/C21H28N4O2/c1-15-4-6-17(7-5-15)12-19(26)25-10-8-21(9-11-25)13-18(24(3)14-21)20-22-16(2)27-23-20/h4-7,18H,8-14H2,1-3H3. The van der Waals surface area contributed by atoms with Crippen LogP contribution >= 0.6 is 0 Å². The van der Waals surface area contributed by atoms with Crippen molar-refractivity contribution in [2.24, 2.45) is 5.41 Å². The highest BCUT2D eigenvalue weighted by molar-refractivity contribution is 5.78. The third-order valence-corrected chi connectivity index (χ3v) is 6.24. The van der Waals surface area contributed by atoms with Crippen molar-refractivity contribution in [1.82, 2.24) is 19.9 Å². The van der Waals surface area contributed by atoms with Crippen molar-refractivity contribution in [2.75, 3.05) is 26.7 Å². The lowest BCUT2D eigenvalue weighted by molar-refractivity contribution is -0.132. The molecule has 2 aliphatic rings. The van der Waals surface area contributed by atoms with E-state index in [1.165, 1.54) is 5.56 Å². The molecule has 144 valence electrons. The van der Waals surface area contributed by atoms with E-state index < -0.39 is 0 Å². The lowest BCUT2D eigenvalue weighted by atomic mass is 9.76. The van der Waals surface area contributed by atoms with Gasteiger partial charge in [0.15, 0.2) is 5.82 Å². The Labute approximate surface area is 160 Å². The largest absolute Gasteiger partial charge is 0.342 e. The number of aromatic nitrogens is 2. The first-order chi connectivity index (χ1) is 12.9. The van der Waals surface area contributed by atoms with Gasteiger partial charge in [0, 0.05) is 26.6 Å². The van der Waals surface area contributed by atoms with Crippen LogP contribution in [0.2, 0.25) is 0 Å². The zero-order valence-electron chi connectivity index (χ0n) is 16.4. The average Bonchev–Trinajstić information content (AvgIpc) is 3.21. The maximum Gasteiger partial charge on any atom is 0.226 e. The monoisotopic (exact) mass is 368 g/mol. The maximum atomic E-state index is 12.7. The smallest absolute Gasteiger partial charge is 0.226 e. The summed E-state index contributed by atoms with van der Waals surface area (Å²) in [6.07, 6.45) is 3.63. The number of carbonyl (C=O) groups is 1. The maximum absolute atomic E-state index is 12.7. The number of benzene rings is 1. The second kappa shape index (κ2) is 7.08. The summed E-state index contributed by atoms with van der Waals surface area (Å²) in [6, 6.07) is 8.48. The molecule has 6 nitrogen and oxygen atoms in total. The Hall–Kier alpha value is -2.21. The van der Waals surface area contributed by atoms with Crippen LogP contribution in [0.25, 0.3) is 0 Å². The molecule has 0 bridgehead atoms. The fourth-order valence-corrected chi connectivity index (χ4v) is 4.59. The molecule has 1 atom stereocenters. The van der Waals surface area contributed by atoms with Gasteiger partial charge in [0.1, 0.15) is 0 Å². The minimum atomic E-state index is 0.220. The van der Waals surface area contributed by atoms with Gasteiger partial charge in [0.25, 0.3) is 0 Å². The summed E-state index contributed by atoms with van der Waals surface area (Å²) in [5.74, 6) is 1.66. The molecule has 6 heteroatoms. The van der Waals surface area contributed by atoms with Crippen LogP contribution in [0.1, 0.15) is 48.1 Å². The van der Waals surface area contributed by atoms with Gasteiger partial charge >= 0.3 is 0 Å². The highest BCUT2D eigenvalue weighted by Gasteiger charge is 2.46. The van der Waals surface area contributed by atoms with Gasteiger partial charge in [-0.3, -0.25) is 9.69 Å². The summed E-state index contributed by atoms with van der Waals surface area (Å²) < 4.78 is 5.17. The van der Waals surface area contributed by atoms with Crippen molar-refractivity contribution in [3.8, 4) is 0 Å². The van der Waals surface area contributed by atoms with E-state index in [9.17, 15) is 4.79 Å². The molecule has 0 radical (unpaired) electrons. The lowest BCUT2D eigenvalue weighted by Gasteiger charge is -2.39. The van der Waals surface area contributed by atoms with Crippen LogP contribution in [0.3, 0.4) is 0 Å². The molecule has 1 aromatic carbocycles. The zero-order chi connectivity index (χ0) is 19.0. The highest BCUT2D eigenvalue weighted by atomic mass is 16.5. The predicted octanol–water partition coefficient (Wildman–Crippen LogP) is 2.91. The van der Waals surface area contributed by atoms with Gasteiger partial charge in [-0.1, -0.05) is 35.0 Å². The van der Waals surface area contributed by atoms with E-state index in [1.807, 2.05) is 11.8 Å². The molecule has 3 heterocycles. The van der Waals surface area contributed by atoms with Gasteiger partial charge in [-0.05, 0) is 44.2 Å². The molecule has 1 spiro atoms. The molecule has 2 fully saturated rings. The predicted molar refractivity (Wildman–Crippen MR) is 102 cm³/mol. The Morgan fingerprint density at radius 2 is 1.93 bits per heavy atom.